The zero-order chi connectivity index (χ0) is 18.5. The molecule has 0 radical (unpaired) electrons. The van der Waals surface area contributed by atoms with Crippen LogP contribution in [0.4, 0.5) is 0 Å². The lowest BCUT2D eigenvalue weighted by Crippen LogP contribution is -2.23. The van der Waals surface area contributed by atoms with Crippen molar-refractivity contribution in [1.82, 2.24) is 5.32 Å². The van der Waals surface area contributed by atoms with Gasteiger partial charge in [0.25, 0.3) is 5.91 Å². The fraction of sp³-hybridized carbons (Fsp3) is 0.136. The van der Waals surface area contributed by atoms with Gasteiger partial charge in [-0.15, -0.1) is 11.8 Å². The summed E-state index contributed by atoms with van der Waals surface area (Å²) in [5, 5.41) is 3.00. The molecule has 1 aliphatic heterocycles. The summed E-state index contributed by atoms with van der Waals surface area (Å²) in [6, 6.07) is 23.7. The summed E-state index contributed by atoms with van der Waals surface area (Å²) in [4.78, 5) is 13.7. The van der Waals surface area contributed by atoms with Crippen molar-refractivity contribution < 1.29 is 14.3 Å². The summed E-state index contributed by atoms with van der Waals surface area (Å²) in [5.74, 6) is 2.21. The van der Waals surface area contributed by atoms with Crippen molar-refractivity contribution in [1.29, 1.82) is 0 Å². The monoisotopic (exact) mass is 377 g/mol. The van der Waals surface area contributed by atoms with E-state index in [1.165, 1.54) is 5.56 Å². The number of rotatable bonds is 6. The van der Waals surface area contributed by atoms with Gasteiger partial charge < -0.3 is 14.8 Å². The van der Waals surface area contributed by atoms with Gasteiger partial charge in [0.15, 0.2) is 11.5 Å². The van der Waals surface area contributed by atoms with Gasteiger partial charge in [-0.3, -0.25) is 4.79 Å². The van der Waals surface area contributed by atoms with Crippen LogP contribution in [0.2, 0.25) is 0 Å². The molecular formula is C22H19NO3S. The van der Waals surface area contributed by atoms with Gasteiger partial charge in [-0.1, -0.05) is 48.5 Å². The normalized spacial score (nSPS) is 12.0. The van der Waals surface area contributed by atoms with E-state index in [0.717, 1.165) is 27.7 Å². The zero-order valence-electron chi connectivity index (χ0n) is 14.7. The maximum absolute atomic E-state index is 12.7. The van der Waals surface area contributed by atoms with Gasteiger partial charge in [0.2, 0.25) is 6.79 Å². The quantitative estimate of drug-likeness (QED) is 0.636. The van der Waals surface area contributed by atoms with Crippen molar-refractivity contribution >= 4 is 17.7 Å². The molecular weight excluding hydrogens is 358 g/mol. The molecule has 4 rings (SSSR count). The maximum Gasteiger partial charge on any atom is 0.252 e. The van der Waals surface area contributed by atoms with Crippen LogP contribution in [0.15, 0.2) is 77.7 Å². The van der Waals surface area contributed by atoms with E-state index in [1.54, 1.807) is 11.8 Å². The standard InChI is InChI=1S/C22H19NO3S/c24-22(23-13-17-10-11-19-20(12-17)26-15-25-19)18-8-4-5-9-21(18)27-14-16-6-2-1-3-7-16/h1-12H,13-15H2,(H,23,24). The Bertz CT molecular complexity index is 943. The molecule has 0 spiro atoms. The van der Waals surface area contributed by atoms with Gasteiger partial charge in [-0.2, -0.15) is 0 Å². The lowest BCUT2D eigenvalue weighted by atomic mass is 10.1. The first-order valence-corrected chi connectivity index (χ1v) is 9.70. The van der Waals surface area contributed by atoms with E-state index in [-0.39, 0.29) is 12.7 Å². The molecule has 0 saturated heterocycles. The Morgan fingerprint density at radius 1 is 0.889 bits per heavy atom. The molecule has 0 bridgehead atoms. The van der Waals surface area contributed by atoms with Crippen molar-refractivity contribution in [3.05, 3.63) is 89.5 Å². The molecule has 0 atom stereocenters. The van der Waals surface area contributed by atoms with Gasteiger partial charge in [-0.25, -0.2) is 0 Å². The highest BCUT2D eigenvalue weighted by Crippen LogP contribution is 2.32. The Balaban J connectivity index is 1.41. The van der Waals surface area contributed by atoms with Gasteiger partial charge in [0.1, 0.15) is 0 Å². The molecule has 4 nitrogen and oxygen atoms in total. The molecule has 3 aromatic carbocycles. The number of hydrogen-bond acceptors (Lipinski definition) is 4. The van der Waals surface area contributed by atoms with Crippen LogP contribution in [0.25, 0.3) is 0 Å². The van der Waals surface area contributed by atoms with E-state index in [0.29, 0.717) is 12.1 Å². The van der Waals surface area contributed by atoms with Gasteiger partial charge in [0.05, 0.1) is 5.56 Å². The molecule has 1 amide bonds. The molecule has 1 aliphatic rings. The number of hydrogen-bond donors (Lipinski definition) is 1. The number of nitrogens with one attached hydrogen (secondary N) is 1. The number of fused-ring (bicyclic) bond motifs is 1. The number of carbonyl (C=O) groups is 1. The Kier molecular flexibility index (Phi) is 5.30. The molecule has 0 aromatic heterocycles. The molecule has 1 heterocycles. The lowest BCUT2D eigenvalue weighted by molar-refractivity contribution is 0.0948. The van der Waals surface area contributed by atoms with E-state index in [1.807, 2.05) is 60.7 Å². The highest BCUT2D eigenvalue weighted by atomic mass is 32.2. The fourth-order valence-electron chi connectivity index (χ4n) is 2.84. The predicted octanol–water partition coefficient (Wildman–Crippen LogP) is 4.64. The van der Waals surface area contributed by atoms with Crippen molar-refractivity contribution in [3.63, 3.8) is 0 Å². The summed E-state index contributed by atoms with van der Waals surface area (Å²) in [6.07, 6.45) is 0. The van der Waals surface area contributed by atoms with Crippen LogP contribution in [0.3, 0.4) is 0 Å². The summed E-state index contributed by atoms with van der Waals surface area (Å²) < 4.78 is 10.7. The highest BCUT2D eigenvalue weighted by Gasteiger charge is 2.15. The van der Waals surface area contributed by atoms with Gasteiger partial charge >= 0.3 is 0 Å². The van der Waals surface area contributed by atoms with Crippen LogP contribution in [0.5, 0.6) is 11.5 Å². The molecule has 27 heavy (non-hydrogen) atoms. The summed E-state index contributed by atoms with van der Waals surface area (Å²) >= 11 is 1.67. The highest BCUT2D eigenvalue weighted by molar-refractivity contribution is 7.98. The summed E-state index contributed by atoms with van der Waals surface area (Å²) in [5.41, 5.74) is 2.90. The van der Waals surface area contributed by atoms with Crippen molar-refractivity contribution in [2.24, 2.45) is 0 Å². The minimum atomic E-state index is -0.0798. The molecule has 3 aromatic rings. The zero-order valence-corrected chi connectivity index (χ0v) is 15.5. The summed E-state index contributed by atoms with van der Waals surface area (Å²) in [7, 11) is 0. The largest absolute Gasteiger partial charge is 0.454 e. The van der Waals surface area contributed by atoms with Crippen LogP contribution in [-0.2, 0) is 12.3 Å². The Morgan fingerprint density at radius 3 is 2.56 bits per heavy atom. The average molecular weight is 377 g/mol. The first-order chi connectivity index (χ1) is 13.3. The Morgan fingerprint density at radius 2 is 1.67 bits per heavy atom. The van der Waals surface area contributed by atoms with Crippen molar-refractivity contribution in [2.45, 2.75) is 17.2 Å². The molecule has 0 unspecified atom stereocenters. The second-order valence-corrected chi connectivity index (χ2v) is 7.16. The number of carbonyl (C=O) groups excluding carboxylic acids is 1. The second kappa shape index (κ2) is 8.18. The number of amides is 1. The van der Waals surface area contributed by atoms with Crippen LogP contribution >= 0.6 is 11.8 Å². The third-order valence-corrected chi connectivity index (χ3v) is 5.40. The van der Waals surface area contributed by atoms with E-state index in [4.69, 9.17) is 9.47 Å². The maximum atomic E-state index is 12.7. The third-order valence-electron chi connectivity index (χ3n) is 4.26. The number of ether oxygens (including phenoxy) is 2. The minimum Gasteiger partial charge on any atom is -0.454 e. The van der Waals surface area contributed by atoms with Gasteiger partial charge in [0, 0.05) is 17.2 Å². The lowest BCUT2D eigenvalue weighted by Gasteiger charge is -2.10. The Hall–Kier alpha value is -2.92. The Labute approximate surface area is 162 Å². The third kappa shape index (κ3) is 4.26. The molecule has 0 fully saturated rings. The van der Waals surface area contributed by atoms with Crippen LogP contribution in [-0.4, -0.2) is 12.7 Å². The number of benzene rings is 3. The molecule has 0 saturated carbocycles. The topological polar surface area (TPSA) is 47.6 Å². The van der Waals surface area contributed by atoms with Crippen LogP contribution in [0, 0.1) is 0 Å². The van der Waals surface area contributed by atoms with E-state index in [9.17, 15) is 4.79 Å². The van der Waals surface area contributed by atoms with Gasteiger partial charge in [-0.05, 0) is 35.4 Å². The predicted molar refractivity (Wildman–Crippen MR) is 106 cm³/mol. The van der Waals surface area contributed by atoms with Crippen LogP contribution in [0.1, 0.15) is 21.5 Å². The minimum absolute atomic E-state index is 0.0798. The van der Waals surface area contributed by atoms with Crippen molar-refractivity contribution in [3.8, 4) is 11.5 Å². The first-order valence-electron chi connectivity index (χ1n) is 8.72. The second-order valence-electron chi connectivity index (χ2n) is 6.14. The van der Waals surface area contributed by atoms with Crippen molar-refractivity contribution in [2.75, 3.05) is 6.79 Å². The molecule has 1 N–H and O–H groups in total. The summed E-state index contributed by atoms with van der Waals surface area (Å²) in [6.45, 7) is 0.685. The van der Waals surface area contributed by atoms with Crippen LogP contribution < -0.4 is 14.8 Å². The van der Waals surface area contributed by atoms with E-state index < -0.39 is 0 Å². The van der Waals surface area contributed by atoms with E-state index >= 15 is 0 Å². The first kappa shape index (κ1) is 17.5. The SMILES string of the molecule is O=C(NCc1ccc2c(c1)OCO2)c1ccccc1SCc1ccccc1. The number of thioether (sulfide) groups is 1. The average Bonchev–Trinajstić information content (AvgIpc) is 3.19. The molecule has 136 valence electrons. The fourth-order valence-corrected chi connectivity index (χ4v) is 3.85. The molecule has 0 aliphatic carbocycles. The smallest absolute Gasteiger partial charge is 0.252 e. The van der Waals surface area contributed by atoms with E-state index in [2.05, 4.69) is 17.4 Å². The molecule has 5 heteroatoms.